The van der Waals surface area contributed by atoms with Crippen LogP contribution in [0.3, 0.4) is 0 Å². The molecule has 0 bridgehead atoms. The molecule has 1 aromatic carbocycles. The fourth-order valence-corrected chi connectivity index (χ4v) is 2.59. The molecule has 3 nitrogen and oxygen atoms in total. The lowest BCUT2D eigenvalue weighted by molar-refractivity contribution is 0.0701. The highest BCUT2D eigenvalue weighted by Crippen LogP contribution is 2.17. The van der Waals surface area contributed by atoms with E-state index in [1.165, 1.54) is 11.3 Å². The molecule has 1 aromatic rings. The van der Waals surface area contributed by atoms with E-state index in [0.717, 1.165) is 45.8 Å². The molecule has 1 saturated heterocycles. The Hall–Kier alpha value is -1.06. The number of piperazine rings is 1. The maximum absolute atomic E-state index is 5.60. The van der Waals surface area contributed by atoms with E-state index in [2.05, 4.69) is 54.8 Å². The van der Waals surface area contributed by atoms with Crippen LogP contribution in [-0.4, -0.2) is 50.3 Å². The van der Waals surface area contributed by atoms with Gasteiger partial charge in [-0.1, -0.05) is 17.7 Å². The zero-order valence-corrected chi connectivity index (χ0v) is 13.1. The van der Waals surface area contributed by atoms with Gasteiger partial charge in [0.2, 0.25) is 0 Å². The summed E-state index contributed by atoms with van der Waals surface area (Å²) in [5.41, 5.74) is 2.69. The summed E-state index contributed by atoms with van der Waals surface area (Å²) in [4.78, 5) is 5.04. The molecule has 0 aromatic heterocycles. The summed E-state index contributed by atoms with van der Waals surface area (Å²) in [6, 6.07) is 8.87. The summed E-state index contributed by atoms with van der Waals surface area (Å²) in [7, 11) is 0. The first-order chi connectivity index (χ1) is 9.65. The van der Waals surface area contributed by atoms with Gasteiger partial charge in [0.25, 0.3) is 0 Å². The highest BCUT2D eigenvalue weighted by molar-refractivity contribution is 5.47. The van der Waals surface area contributed by atoms with Gasteiger partial charge in [-0.15, -0.1) is 0 Å². The molecule has 0 N–H and O–H groups in total. The third kappa shape index (κ3) is 4.80. The molecule has 1 aliphatic rings. The van der Waals surface area contributed by atoms with Gasteiger partial charge >= 0.3 is 0 Å². The van der Waals surface area contributed by atoms with Crippen molar-refractivity contribution in [2.45, 2.75) is 33.3 Å². The second kappa shape index (κ2) is 7.65. The number of ether oxygens (including phenoxy) is 1. The van der Waals surface area contributed by atoms with Crippen molar-refractivity contribution in [3.8, 4) is 0 Å². The molecule has 1 fully saturated rings. The average Bonchev–Trinajstić information content (AvgIpc) is 2.45. The molecule has 112 valence electrons. The summed E-state index contributed by atoms with van der Waals surface area (Å²) in [5, 5.41) is 0. The molecule has 0 unspecified atom stereocenters. The molecule has 0 spiro atoms. The Morgan fingerprint density at radius 1 is 1.05 bits per heavy atom. The van der Waals surface area contributed by atoms with E-state index < -0.39 is 0 Å². The van der Waals surface area contributed by atoms with Crippen LogP contribution in [0.1, 0.15) is 25.8 Å². The normalized spacial score (nSPS) is 16.9. The van der Waals surface area contributed by atoms with Crippen LogP contribution in [0.25, 0.3) is 0 Å². The molecule has 20 heavy (non-hydrogen) atoms. The fraction of sp³-hybridized carbons (Fsp3) is 0.647. The van der Waals surface area contributed by atoms with E-state index in [1.54, 1.807) is 0 Å². The Morgan fingerprint density at radius 3 is 2.30 bits per heavy atom. The van der Waals surface area contributed by atoms with E-state index in [4.69, 9.17) is 4.74 Å². The van der Waals surface area contributed by atoms with Crippen LogP contribution < -0.4 is 4.90 Å². The minimum atomic E-state index is 0.355. The van der Waals surface area contributed by atoms with Gasteiger partial charge in [0.1, 0.15) is 0 Å². The van der Waals surface area contributed by atoms with Crippen molar-refractivity contribution in [3.63, 3.8) is 0 Å². The van der Waals surface area contributed by atoms with Crippen LogP contribution in [-0.2, 0) is 4.74 Å². The van der Waals surface area contributed by atoms with Crippen LogP contribution in [0.2, 0.25) is 0 Å². The monoisotopic (exact) mass is 276 g/mol. The quantitative estimate of drug-likeness (QED) is 0.743. The van der Waals surface area contributed by atoms with Crippen molar-refractivity contribution in [2.75, 3.05) is 44.2 Å². The maximum Gasteiger partial charge on any atom is 0.0518 e. The van der Waals surface area contributed by atoms with Crippen molar-refractivity contribution in [1.82, 2.24) is 4.90 Å². The zero-order chi connectivity index (χ0) is 14.4. The molecule has 3 heteroatoms. The van der Waals surface area contributed by atoms with Gasteiger partial charge in [0.15, 0.2) is 0 Å². The van der Waals surface area contributed by atoms with Gasteiger partial charge in [-0.25, -0.2) is 0 Å². The van der Waals surface area contributed by atoms with Crippen molar-refractivity contribution < 1.29 is 4.74 Å². The Labute approximate surface area is 123 Å². The second-order valence-corrected chi connectivity index (χ2v) is 5.94. The predicted octanol–water partition coefficient (Wildman–Crippen LogP) is 2.93. The molecule has 2 rings (SSSR count). The van der Waals surface area contributed by atoms with E-state index >= 15 is 0 Å². The summed E-state index contributed by atoms with van der Waals surface area (Å²) >= 11 is 0. The van der Waals surface area contributed by atoms with E-state index in [-0.39, 0.29) is 0 Å². The molecule has 0 aliphatic carbocycles. The third-order valence-corrected chi connectivity index (χ3v) is 3.84. The van der Waals surface area contributed by atoms with Gasteiger partial charge in [-0.3, -0.25) is 4.90 Å². The second-order valence-electron chi connectivity index (χ2n) is 5.94. The third-order valence-electron chi connectivity index (χ3n) is 3.84. The molecular weight excluding hydrogens is 248 g/mol. The van der Waals surface area contributed by atoms with Crippen molar-refractivity contribution in [3.05, 3.63) is 29.8 Å². The minimum absolute atomic E-state index is 0.355. The van der Waals surface area contributed by atoms with Gasteiger partial charge in [0, 0.05) is 45.0 Å². The Morgan fingerprint density at radius 2 is 1.70 bits per heavy atom. The Kier molecular flexibility index (Phi) is 5.86. The fourth-order valence-electron chi connectivity index (χ4n) is 2.59. The SMILES string of the molecule is Cc1ccc(N2CCN(CCCOC(C)C)CC2)cc1. The largest absolute Gasteiger partial charge is 0.379 e. The summed E-state index contributed by atoms with van der Waals surface area (Å²) < 4.78 is 5.60. The predicted molar refractivity (Wildman–Crippen MR) is 85.5 cm³/mol. The van der Waals surface area contributed by atoms with E-state index in [0.29, 0.717) is 6.10 Å². The minimum Gasteiger partial charge on any atom is -0.379 e. The number of aryl methyl sites for hydroxylation is 1. The van der Waals surface area contributed by atoms with Crippen molar-refractivity contribution >= 4 is 5.69 Å². The van der Waals surface area contributed by atoms with Crippen LogP contribution in [0.15, 0.2) is 24.3 Å². The lowest BCUT2D eigenvalue weighted by Gasteiger charge is -2.36. The first kappa shape index (κ1) is 15.3. The molecule has 0 amide bonds. The highest BCUT2D eigenvalue weighted by atomic mass is 16.5. The molecule has 0 saturated carbocycles. The molecule has 1 aliphatic heterocycles. The van der Waals surface area contributed by atoms with E-state index in [1.807, 2.05) is 0 Å². The smallest absolute Gasteiger partial charge is 0.0518 e. The zero-order valence-electron chi connectivity index (χ0n) is 13.1. The number of nitrogens with zero attached hydrogens (tertiary/aromatic N) is 2. The number of hydrogen-bond donors (Lipinski definition) is 0. The summed E-state index contributed by atoms with van der Waals surface area (Å²) in [6.07, 6.45) is 1.50. The summed E-state index contributed by atoms with van der Waals surface area (Å²) in [6.45, 7) is 13.0. The van der Waals surface area contributed by atoms with E-state index in [9.17, 15) is 0 Å². The van der Waals surface area contributed by atoms with Gasteiger partial charge in [-0.2, -0.15) is 0 Å². The lowest BCUT2D eigenvalue weighted by Crippen LogP contribution is -2.46. The number of rotatable bonds is 6. The molecular formula is C17H28N2O. The lowest BCUT2D eigenvalue weighted by atomic mass is 10.2. The first-order valence-electron chi connectivity index (χ1n) is 7.81. The first-order valence-corrected chi connectivity index (χ1v) is 7.81. The van der Waals surface area contributed by atoms with Crippen LogP contribution in [0.5, 0.6) is 0 Å². The molecule has 0 radical (unpaired) electrons. The summed E-state index contributed by atoms with van der Waals surface area (Å²) in [5.74, 6) is 0. The number of hydrogen-bond acceptors (Lipinski definition) is 3. The van der Waals surface area contributed by atoms with Gasteiger partial charge in [0.05, 0.1) is 6.10 Å². The Bertz CT molecular complexity index is 380. The highest BCUT2D eigenvalue weighted by Gasteiger charge is 2.16. The van der Waals surface area contributed by atoms with Crippen LogP contribution in [0.4, 0.5) is 5.69 Å². The van der Waals surface area contributed by atoms with Gasteiger partial charge < -0.3 is 9.64 Å². The van der Waals surface area contributed by atoms with Gasteiger partial charge in [-0.05, 0) is 39.3 Å². The van der Waals surface area contributed by atoms with Crippen molar-refractivity contribution in [1.29, 1.82) is 0 Å². The standard InChI is InChI=1S/C17H28N2O/c1-15(2)20-14-4-9-18-10-12-19(13-11-18)17-7-5-16(3)6-8-17/h5-8,15H,4,9-14H2,1-3H3. The Balaban J connectivity index is 1.68. The average molecular weight is 276 g/mol. The topological polar surface area (TPSA) is 15.7 Å². The number of benzene rings is 1. The maximum atomic E-state index is 5.60. The molecule has 0 atom stereocenters. The number of anilines is 1. The van der Waals surface area contributed by atoms with Crippen LogP contribution >= 0.6 is 0 Å². The van der Waals surface area contributed by atoms with Crippen molar-refractivity contribution in [2.24, 2.45) is 0 Å². The molecule has 1 heterocycles. The van der Waals surface area contributed by atoms with Crippen LogP contribution in [0, 0.1) is 6.92 Å².